The van der Waals surface area contributed by atoms with E-state index >= 15 is 0 Å². The zero-order valence-electron chi connectivity index (χ0n) is 36.5. The molecule has 8 fully saturated rings. The van der Waals surface area contributed by atoms with Crippen LogP contribution in [0.1, 0.15) is 86.5 Å². The van der Waals surface area contributed by atoms with Crippen LogP contribution in [0.5, 0.6) is 0 Å². The van der Waals surface area contributed by atoms with Gasteiger partial charge in [-0.15, -0.1) is 93.9 Å². The summed E-state index contributed by atoms with van der Waals surface area (Å²) >= 11 is 1.36. The Morgan fingerprint density at radius 2 is 0.783 bits per heavy atom. The molecule has 0 amide bonds. The van der Waals surface area contributed by atoms with Gasteiger partial charge in [0, 0.05) is 0 Å². The predicted octanol–water partition coefficient (Wildman–Crippen LogP) is 15.7. The van der Waals surface area contributed by atoms with Gasteiger partial charge in [0.05, 0.1) is 0 Å². The van der Waals surface area contributed by atoms with Crippen LogP contribution in [0.4, 0.5) is 0 Å². The van der Waals surface area contributed by atoms with Crippen molar-refractivity contribution in [2.24, 2.45) is 59.2 Å². The summed E-state index contributed by atoms with van der Waals surface area (Å²) in [5, 5.41) is 5.74. The molecule has 4 heteroatoms. The molecule has 8 bridgehead atoms. The third kappa shape index (κ3) is 9.35. The molecule has 6 aromatic carbocycles. The molecule has 0 unspecified atom stereocenters. The Bertz CT molecular complexity index is 2090. The van der Waals surface area contributed by atoms with E-state index < -0.39 is 0 Å². The van der Waals surface area contributed by atoms with Crippen molar-refractivity contribution < 1.29 is 23.3 Å². The summed E-state index contributed by atoms with van der Waals surface area (Å²) in [7, 11) is 0. The van der Waals surface area contributed by atoms with Crippen LogP contribution in [0, 0.1) is 87.9 Å². The quantitative estimate of drug-likeness (QED) is 0.115. The monoisotopic (exact) mass is 926 g/mol. The van der Waals surface area contributed by atoms with Gasteiger partial charge in [0.25, 0.3) is 0 Å². The Labute approximate surface area is 392 Å². The van der Waals surface area contributed by atoms with Gasteiger partial charge in [-0.2, -0.15) is 12.1 Å². The average Bonchev–Trinajstić information content (AvgIpc) is 3.82. The molecule has 8 aliphatic carbocycles. The van der Waals surface area contributed by atoms with Crippen LogP contribution in [0.2, 0.25) is 0 Å². The molecular weight excluding hydrogens is 863 g/mol. The molecule has 0 N–H and O–H groups in total. The molecule has 60 heavy (non-hydrogen) atoms. The fraction of sp³-hybridized carbons (Fsp3) is 0.429. The van der Waals surface area contributed by atoms with E-state index in [4.69, 9.17) is 0 Å². The maximum absolute atomic E-state index is 3.06. The summed E-state index contributed by atoms with van der Waals surface area (Å²) in [5.41, 5.74) is 11.3. The summed E-state index contributed by atoms with van der Waals surface area (Å²) in [6.45, 7) is 7.39. The molecule has 8 aliphatic rings. The van der Waals surface area contributed by atoms with Gasteiger partial charge in [0.1, 0.15) is 0 Å². The van der Waals surface area contributed by atoms with E-state index in [1.165, 1.54) is 142 Å². The number of aryl methyl sites for hydroxylation is 2. The van der Waals surface area contributed by atoms with Crippen molar-refractivity contribution in [2.45, 2.75) is 90.9 Å². The average molecular weight is 929 g/mol. The minimum atomic E-state index is 0. The van der Waals surface area contributed by atoms with Crippen LogP contribution in [-0.4, -0.2) is 6.88 Å². The SMILES string of the molecule is Cc1ccc(-c2cccc3[cH-]c(CC4C5CC6CC(C5)CC4C6)cc23)cc1.Cc1ccc(-c2cccc3[cH-]c(CC4C5CC6CC(C5)CC4C6)cc23)cc1.Cl.Cl.[CH3-].[CH3-].[Si]=[Zr]. The molecule has 0 aromatic heterocycles. The molecule has 6 aromatic rings. The molecule has 316 valence electrons. The maximum atomic E-state index is 3.06. The molecule has 0 atom stereocenters. The molecule has 0 heterocycles. The van der Waals surface area contributed by atoms with E-state index in [1.54, 1.807) is 24.0 Å². The molecular formula is C56H66Cl2SiZr-4. The first-order valence-electron chi connectivity index (χ1n) is 22.2. The van der Waals surface area contributed by atoms with E-state index in [-0.39, 0.29) is 39.7 Å². The summed E-state index contributed by atoms with van der Waals surface area (Å²) < 4.78 is 0. The van der Waals surface area contributed by atoms with Crippen LogP contribution in [0.15, 0.2) is 109 Å². The third-order valence-corrected chi connectivity index (χ3v) is 16.1. The van der Waals surface area contributed by atoms with E-state index in [9.17, 15) is 0 Å². The number of benzene rings is 4. The van der Waals surface area contributed by atoms with E-state index in [0.29, 0.717) is 0 Å². The molecule has 8 saturated carbocycles. The molecule has 0 spiro atoms. The normalized spacial score (nSPS) is 28.6. The Morgan fingerprint density at radius 3 is 1.10 bits per heavy atom. The summed E-state index contributed by atoms with van der Waals surface area (Å²) in [6, 6.07) is 41.6. The van der Waals surface area contributed by atoms with E-state index in [0.717, 1.165) is 59.2 Å². The fourth-order valence-electron chi connectivity index (χ4n) is 14.1. The second-order valence-corrected chi connectivity index (χ2v) is 19.7. The molecule has 14 rings (SSSR count). The van der Waals surface area contributed by atoms with Crippen LogP contribution >= 0.6 is 24.8 Å². The van der Waals surface area contributed by atoms with Gasteiger partial charge >= 0.3 is 30.2 Å². The van der Waals surface area contributed by atoms with Crippen molar-refractivity contribution in [1.29, 1.82) is 0 Å². The van der Waals surface area contributed by atoms with Gasteiger partial charge in [0.2, 0.25) is 0 Å². The Kier molecular flexibility index (Phi) is 15.8. The first kappa shape index (κ1) is 47.3. The van der Waals surface area contributed by atoms with Gasteiger partial charge in [-0.25, -0.2) is 0 Å². The van der Waals surface area contributed by atoms with Crippen LogP contribution in [-0.2, 0) is 36.2 Å². The van der Waals surface area contributed by atoms with Gasteiger partial charge < -0.3 is 14.9 Å². The molecule has 2 radical (unpaired) electrons. The van der Waals surface area contributed by atoms with Gasteiger partial charge in [-0.1, -0.05) is 82.9 Å². The van der Waals surface area contributed by atoms with Crippen molar-refractivity contribution in [3.05, 3.63) is 146 Å². The zero-order chi connectivity index (χ0) is 37.9. The van der Waals surface area contributed by atoms with Gasteiger partial charge in [-0.05, 0) is 161 Å². The minimum absolute atomic E-state index is 0. The van der Waals surface area contributed by atoms with Gasteiger partial charge in [-0.3, -0.25) is 0 Å². The number of rotatable bonds is 6. The first-order valence-corrected chi connectivity index (χ1v) is 26.4. The number of halogens is 2. The Hall–Kier alpha value is -2.22. The van der Waals surface area contributed by atoms with Crippen molar-refractivity contribution in [3.63, 3.8) is 0 Å². The number of hydrogen-bond acceptors (Lipinski definition) is 0. The summed E-state index contributed by atoms with van der Waals surface area (Å²) in [5.74, 6) is 10.3. The predicted molar refractivity (Wildman–Crippen MR) is 261 cm³/mol. The first-order chi connectivity index (χ1) is 27.5. The molecule has 0 aliphatic heterocycles. The molecule has 0 saturated heterocycles. The van der Waals surface area contributed by atoms with Gasteiger partial charge in [0.15, 0.2) is 0 Å². The van der Waals surface area contributed by atoms with Crippen molar-refractivity contribution >= 4 is 53.2 Å². The Balaban J connectivity index is 0.000000182. The number of hydrogen-bond donors (Lipinski definition) is 0. The second-order valence-electron chi connectivity index (χ2n) is 19.7. The van der Waals surface area contributed by atoms with Crippen molar-refractivity contribution in [1.82, 2.24) is 0 Å². The van der Waals surface area contributed by atoms with E-state index in [1.807, 2.05) is 0 Å². The third-order valence-electron chi connectivity index (χ3n) is 16.1. The fourth-order valence-corrected chi connectivity index (χ4v) is 14.1. The standard InChI is InChI=1S/2C27H29.2CH3.2ClH.Si.Zr/c2*1-17-5-7-21(8-6-17)25-4-2-3-22-10-20(16-27(22)25)15-26-23-11-18-9-19(13-23)14-24(26)12-18;;;;;;/h2*2-8,10,16,18-19,23-24,26H,9,11-15H2,1H3;2*1H3;2*1H;;/q4*-1;;;;. The van der Waals surface area contributed by atoms with Crippen molar-refractivity contribution in [3.8, 4) is 22.3 Å². The van der Waals surface area contributed by atoms with Crippen LogP contribution in [0.3, 0.4) is 0 Å². The van der Waals surface area contributed by atoms with Crippen molar-refractivity contribution in [2.75, 3.05) is 0 Å². The second kappa shape index (κ2) is 20.1. The van der Waals surface area contributed by atoms with Crippen LogP contribution in [0.25, 0.3) is 43.8 Å². The summed E-state index contributed by atoms with van der Waals surface area (Å²) in [4.78, 5) is 0. The zero-order valence-corrected chi connectivity index (χ0v) is 41.6. The molecule has 0 nitrogen and oxygen atoms in total. The van der Waals surface area contributed by atoms with E-state index in [2.05, 4.69) is 130 Å². The topological polar surface area (TPSA) is 0 Å². The summed E-state index contributed by atoms with van der Waals surface area (Å²) in [6.07, 6.45) is 18.0. The Morgan fingerprint density at radius 1 is 0.467 bits per heavy atom. The number of fused-ring (bicyclic) bond motifs is 2. The van der Waals surface area contributed by atoms with Crippen LogP contribution < -0.4 is 0 Å².